The molecule has 1 saturated carbocycles. The van der Waals surface area contributed by atoms with Gasteiger partial charge in [0.2, 0.25) is 5.91 Å². The Morgan fingerprint density at radius 2 is 2.08 bits per heavy atom. The second-order valence-corrected chi connectivity index (χ2v) is 9.82. The molecule has 1 aliphatic carbocycles. The van der Waals surface area contributed by atoms with Crippen LogP contribution in [0.25, 0.3) is 22.2 Å². The summed E-state index contributed by atoms with van der Waals surface area (Å²) in [6.07, 6.45) is 12.1. The lowest BCUT2D eigenvalue weighted by molar-refractivity contribution is -0.128. The second kappa shape index (κ2) is 11.0. The Balaban J connectivity index is 1.31. The molecule has 3 N–H and O–H groups in total. The van der Waals surface area contributed by atoms with Crippen molar-refractivity contribution in [3.63, 3.8) is 0 Å². The minimum Gasteiger partial charge on any atom is -0.404 e. The molecule has 3 aromatic rings. The number of pyridine rings is 2. The molecule has 1 saturated heterocycles. The van der Waals surface area contributed by atoms with Gasteiger partial charge in [-0.3, -0.25) is 9.79 Å². The number of fused-ring (bicyclic) bond motifs is 1. The number of hydrogen-bond acceptors (Lipinski definition) is 8. The van der Waals surface area contributed by atoms with Crippen molar-refractivity contribution in [3.05, 3.63) is 54.1 Å². The SMILES string of the molecule is CN=CC(=CN)c1cc(-c2ccc(N3CCC(C(=O)NC4CC(OC)C4)CC3)nc2)c2c(C#N)cnn2c1. The first-order valence-corrected chi connectivity index (χ1v) is 12.8. The fraction of sp³-hybridized carbons (Fsp3) is 0.393. The summed E-state index contributed by atoms with van der Waals surface area (Å²) < 4.78 is 7.00. The van der Waals surface area contributed by atoms with Gasteiger partial charge >= 0.3 is 0 Å². The van der Waals surface area contributed by atoms with Crippen molar-refractivity contribution in [2.45, 2.75) is 37.8 Å². The van der Waals surface area contributed by atoms with Gasteiger partial charge < -0.3 is 20.7 Å². The first-order chi connectivity index (χ1) is 18.5. The highest BCUT2D eigenvalue weighted by molar-refractivity contribution is 6.10. The van der Waals surface area contributed by atoms with Crippen LogP contribution in [0.1, 0.15) is 36.8 Å². The van der Waals surface area contributed by atoms with Gasteiger partial charge in [-0.05, 0) is 43.9 Å². The van der Waals surface area contributed by atoms with E-state index in [1.54, 1.807) is 31.1 Å². The molecule has 4 heterocycles. The van der Waals surface area contributed by atoms with Crippen molar-refractivity contribution in [3.8, 4) is 17.2 Å². The molecule has 0 aromatic carbocycles. The Morgan fingerprint density at radius 1 is 1.29 bits per heavy atom. The molecule has 0 unspecified atom stereocenters. The summed E-state index contributed by atoms with van der Waals surface area (Å²) in [6.45, 7) is 1.55. The third kappa shape index (κ3) is 4.97. The lowest BCUT2D eigenvalue weighted by atomic mass is 9.88. The minimum atomic E-state index is 0.0332. The number of aliphatic imine (C=N–C) groups is 1. The zero-order valence-corrected chi connectivity index (χ0v) is 21.7. The number of hydrogen-bond donors (Lipinski definition) is 2. The fourth-order valence-corrected chi connectivity index (χ4v) is 5.23. The molecule has 10 nitrogen and oxygen atoms in total. The number of ether oxygens (including phenoxy) is 1. The number of nitriles is 1. The van der Waals surface area contributed by atoms with Crippen molar-refractivity contribution in [1.29, 1.82) is 5.26 Å². The summed E-state index contributed by atoms with van der Waals surface area (Å²) in [5.41, 5.74) is 10.3. The molecule has 2 aliphatic rings. The van der Waals surface area contributed by atoms with E-state index < -0.39 is 0 Å². The Kier molecular flexibility index (Phi) is 7.38. The van der Waals surface area contributed by atoms with Crippen molar-refractivity contribution in [2.24, 2.45) is 16.6 Å². The van der Waals surface area contributed by atoms with Crippen LogP contribution in [0.15, 0.2) is 48.0 Å². The van der Waals surface area contributed by atoms with Crippen LogP contribution in [0, 0.1) is 17.2 Å². The Morgan fingerprint density at radius 3 is 2.71 bits per heavy atom. The molecule has 2 fully saturated rings. The van der Waals surface area contributed by atoms with Crippen LogP contribution in [0.3, 0.4) is 0 Å². The predicted molar refractivity (Wildman–Crippen MR) is 147 cm³/mol. The van der Waals surface area contributed by atoms with E-state index in [1.165, 1.54) is 6.20 Å². The molecule has 0 spiro atoms. The maximum Gasteiger partial charge on any atom is 0.223 e. The summed E-state index contributed by atoms with van der Waals surface area (Å²) >= 11 is 0. The molecule has 0 atom stereocenters. The van der Waals surface area contributed by atoms with Crippen LogP contribution in [0.2, 0.25) is 0 Å². The number of nitrogens with zero attached hydrogens (tertiary/aromatic N) is 6. The molecular weight excluding hydrogens is 480 g/mol. The van der Waals surface area contributed by atoms with Gasteiger partial charge in [0.15, 0.2) is 0 Å². The molecule has 3 aromatic heterocycles. The number of carbonyl (C=O) groups is 1. The van der Waals surface area contributed by atoms with E-state index in [0.717, 1.165) is 66.9 Å². The van der Waals surface area contributed by atoms with Crippen molar-refractivity contribution < 1.29 is 9.53 Å². The Labute approximate surface area is 221 Å². The second-order valence-electron chi connectivity index (χ2n) is 9.82. The zero-order chi connectivity index (χ0) is 26.6. The van der Waals surface area contributed by atoms with Gasteiger partial charge in [0.05, 0.1) is 23.4 Å². The maximum absolute atomic E-state index is 12.7. The van der Waals surface area contributed by atoms with Gasteiger partial charge in [-0.25, -0.2) is 9.50 Å². The maximum atomic E-state index is 12.7. The zero-order valence-electron chi connectivity index (χ0n) is 21.7. The summed E-state index contributed by atoms with van der Waals surface area (Å²) in [7, 11) is 3.41. The van der Waals surface area contributed by atoms with E-state index in [9.17, 15) is 10.1 Å². The van der Waals surface area contributed by atoms with E-state index in [0.29, 0.717) is 11.1 Å². The number of piperidine rings is 1. The van der Waals surface area contributed by atoms with Gasteiger partial charge in [0.25, 0.3) is 0 Å². The summed E-state index contributed by atoms with van der Waals surface area (Å²) in [6, 6.07) is 8.46. The topological polar surface area (TPSA) is 134 Å². The predicted octanol–water partition coefficient (Wildman–Crippen LogP) is 2.78. The Hall–Kier alpha value is -4.23. The molecule has 38 heavy (non-hydrogen) atoms. The number of nitrogens with two attached hydrogens (primary N) is 1. The number of anilines is 1. The fourth-order valence-electron chi connectivity index (χ4n) is 5.23. The highest BCUT2D eigenvalue weighted by Gasteiger charge is 2.33. The third-order valence-electron chi connectivity index (χ3n) is 7.54. The van der Waals surface area contributed by atoms with Crippen LogP contribution in [-0.2, 0) is 9.53 Å². The molecule has 1 amide bonds. The largest absolute Gasteiger partial charge is 0.404 e. The molecule has 0 radical (unpaired) electrons. The number of nitrogens with one attached hydrogen (secondary N) is 1. The quantitative estimate of drug-likeness (QED) is 0.465. The average molecular weight is 513 g/mol. The minimum absolute atomic E-state index is 0.0332. The van der Waals surface area contributed by atoms with Gasteiger partial charge in [-0.2, -0.15) is 10.4 Å². The first kappa shape index (κ1) is 25.4. The summed E-state index contributed by atoms with van der Waals surface area (Å²) in [5.74, 6) is 1.06. The molecule has 0 bridgehead atoms. The smallest absolute Gasteiger partial charge is 0.223 e. The molecule has 10 heteroatoms. The number of amides is 1. The average Bonchev–Trinajstić information content (AvgIpc) is 3.36. The summed E-state index contributed by atoms with van der Waals surface area (Å²) in [5, 5.41) is 17.2. The van der Waals surface area contributed by atoms with Crippen LogP contribution >= 0.6 is 0 Å². The highest BCUT2D eigenvalue weighted by Crippen LogP contribution is 2.31. The first-order valence-electron chi connectivity index (χ1n) is 12.8. The Bertz CT molecular complexity index is 1410. The van der Waals surface area contributed by atoms with E-state index in [4.69, 9.17) is 15.5 Å². The van der Waals surface area contributed by atoms with Crippen molar-refractivity contribution in [1.82, 2.24) is 19.9 Å². The molecular formula is C28H32N8O2. The van der Waals surface area contributed by atoms with Crippen molar-refractivity contribution >= 4 is 29.0 Å². The summed E-state index contributed by atoms with van der Waals surface area (Å²) in [4.78, 5) is 23.7. The standard InChI is InChI=1S/C28H32N8O2/c1-31-14-21(12-29)20-9-25(27-22(13-30)16-33-36(27)17-20)19-3-4-26(32-15-19)35-7-5-18(6-8-35)28(37)34-23-10-24(11-23)38-2/h3-4,9,12,14-18,23-24H,5-8,10-11,29H2,1-2H3,(H,34,37). The van der Waals surface area contributed by atoms with Gasteiger partial charge in [0.1, 0.15) is 11.9 Å². The van der Waals surface area contributed by atoms with Gasteiger partial charge in [0, 0.05) is 86.3 Å². The third-order valence-corrected chi connectivity index (χ3v) is 7.54. The number of carbonyl (C=O) groups excluding carboxylic acids is 1. The lowest BCUT2D eigenvalue weighted by Gasteiger charge is -2.37. The number of rotatable bonds is 7. The monoisotopic (exact) mass is 512 g/mol. The molecule has 1 aliphatic heterocycles. The molecule has 196 valence electrons. The highest BCUT2D eigenvalue weighted by atomic mass is 16.5. The number of aromatic nitrogens is 3. The van der Waals surface area contributed by atoms with Gasteiger partial charge in [-0.1, -0.05) is 0 Å². The lowest BCUT2D eigenvalue weighted by Crippen LogP contribution is -2.50. The van der Waals surface area contributed by atoms with Crippen LogP contribution in [-0.4, -0.2) is 66.1 Å². The van der Waals surface area contributed by atoms with Crippen LogP contribution in [0.4, 0.5) is 5.82 Å². The van der Waals surface area contributed by atoms with Crippen molar-refractivity contribution in [2.75, 3.05) is 32.1 Å². The van der Waals surface area contributed by atoms with E-state index in [1.807, 2.05) is 30.6 Å². The van der Waals surface area contributed by atoms with E-state index in [2.05, 4.69) is 26.4 Å². The van der Waals surface area contributed by atoms with Crippen LogP contribution < -0.4 is 16.0 Å². The van der Waals surface area contributed by atoms with Gasteiger partial charge in [-0.15, -0.1) is 0 Å². The van der Waals surface area contributed by atoms with E-state index in [-0.39, 0.29) is 24.0 Å². The number of methoxy groups -OCH3 is 1. The number of allylic oxidation sites excluding steroid dienone is 1. The molecule has 5 rings (SSSR count). The van der Waals surface area contributed by atoms with Crippen LogP contribution in [0.5, 0.6) is 0 Å². The normalized spacial score (nSPS) is 20.4. The van der Waals surface area contributed by atoms with E-state index >= 15 is 0 Å².